The lowest BCUT2D eigenvalue weighted by Crippen LogP contribution is -2.25. The van der Waals surface area contributed by atoms with Crippen molar-refractivity contribution in [1.29, 1.82) is 0 Å². The number of likely N-dealkylation sites (N-methyl/N-ethyl adjacent to an activating group) is 1. The van der Waals surface area contributed by atoms with Crippen molar-refractivity contribution in [3.05, 3.63) is 68.1 Å². The monoisotopic (exact) mass is 385 g/mol. The van der Waals surface area contributed by atoms with E-state index in [2.05, 4.69) is 15.9 Å². The summed E-state index contributed by atoms with van der Waals surface area (Å²) in [7, 11) is 1.91. The van der Waals surface area contributed by atoms with E-state index in [0.29, 0.717) is 28.7 Å². The molecule has 2 nitrogen and oxygen atoms in total. The van der Waals surface area contributed by atoms with Gasteiger partial charge in [-0.25, -0.2) is 0 Å². The van der Waals surface area contributed by atoms with Crippen LogP contribution in [0.1, 0.15) is 15.9 Å². The van der Waals surface area contributed by atoms with Gasteiger partial charge in [0.2, 0.25) is 0 Å². The van der Waals surface area contributed by atoms with Gasteiger partial charge in [-0.2, -0.15) is 0 Å². The molecule has 0 amide bonds. The second-order valence-corrected chi connectivity index (χ2v) is 6.61. The van der Waals surface area contributed by atoms with Gasteiger partial charge < -0.3 is 0 Å². The van der Waals surface area contributed by atoms with Gasteiger partial charge in [-0.05, 0) is 42.9 Å². The highest BCUT2D eigenvalue weighted by Crippen LogP contribution is 2.21. The van der Waals surface area contributed by atoms with Crippen LogP contribution >= 0.6 is 39.1 Å². The van der Waals surface area contributed by atoms with Crippen molar-refractivity contribution in [1.82, 2.24) is 4.90 Å². The summed E-state index contributed by atoms with van der Waals surface area (Å²) in [5.74, 6) is -0.0173. The number of hydrogen-bond acceptors (Lipinski definition) is 2. The van der Waals surface area contributed by atoms with E-state index in [1.54, 1.807) is 18.2 Å². The molecule has 5 heteroatoms. The van der Waals surface area contributed by atoms with Gasteiger partial charge in [-0.15, -0.1) is 0 Å². The Morgan fingerprint density at radius 1 is 1.14 bits per heavy atom. The first kappa shape index (κ1) is 16.5. The van der Waals surface area contributed by atoms with Crippen molar-refractivity contribution in [3.8, 4) is 0 Å². The van der Waals surface area contributed by atoms with Crippen LogP contribution in [0.25, 0.3) is 0 Å². The van der Waals surface area contributed by atoms with E-state index in [9.17, 15) is 4.79 Å². The zero-order valence-corrected chi connectivity index (χ0v) is 14.5. The Kier molecular flexibility index (Phi) is 5.82. The van der Waals surface area contributed by atoms with E-state index in [1.165, 1.54) is 0 Å². The molecule has 0 aliphatic heterocycles. The Labute approximate surface area is 142 Å². The van der Waals surface area contributed by atoms with Gasteiger partial charge in [0, 0.05) is 21.6 Å². The van der Waals surface area contributed by atoms with Crippen LogP contribution in [0.2, 0.25) is 10.0 Å². The minimum atomic E-state index is -0.0173. The lowest BCUT2D eigenvalue weighted by Gasteiger charge is -2.16. The van der Waals surface area contributed by atoms with Crippen LogP contribution in [-0.2, 0) is 6.54 Å². The zero-order valence-electron chi connectivity index (χ0n) is 11.4. The molecular formula is C16H14BrCl2NO. The van der Waals surface area contributed by atoms with E-state index in [4.69, 9.17) is 23.2 Å². The van der Waals surface area contributed by atoms with E-state index in [1.807, 2.05) is 36.2 Å². The summed E-state index contributed by atoms with van der Waals surface area (Å²) in [4.78, 5) is 14.2. The normalized spacial score (nSPS) is 10.9. The Morgan fingerprint density at radius 2 is 1.81 bits per heavy atom. The molecule has 0 unspecified atom stereocenters. The lowest BCUT2D eigenvalue weighted by molar-refractivity contribution is 0.0943. The van der Waals surface area contributed by atoms with Gasteiger partial charge in [0.15, 0.2) is 5.78 Å². The van der Waals surface area contributed by atoms with Crippen LogP contribution in [0, 0.1) is 0 Å². The molecule has 0 aliphatic rings. The highest BCUT2D eigenvalue weighted by Gasteiger charge is 2.13. The number of hydrogen-bond donors (Lipinski definition) is 0. The fourth-order valence-electron chi connectivity index (χ4n) is 2.00. The smallest absolute Gasteiger partial charge is 0.178 e. The molecular weight excluding hydrogens is 373 g/mol. The molecule has 110 valence electrons. The fourth-order valence-corrected chi connectivity index (χ4v) is 2.78. The molecule has 0 aliphatic carbocycles. The van der Waals surface area contributed by atoms with Gasteiger partial charge in [0.25, 0.3) is 0 Å². The molecule has 0 atom stereocenters. The van der Waals surface area contributed by atoms with Crippen LogP contribution in [0.15, 0.2) is 46.9 Å². The van der Waals surface area contributed by atoms with Gasteiger partial charge >= 0.3 is 0 Å². The minimum absolute atomic E-state index is 0.0173. The number of carbonyl (C=O) groups excluding carboxylic acids is 1. The molecule has 0 fully saturated rings. The minimum Gasteiger partial charge on any atom is -0.295 e. The predicted molar refractivity (Wildman–Crippen MR) is 91.3 cm³/mol. The van der Waals surface area contributed by atoms with Crippen molar-refractivity contribution in [2.45, 2.75) is 6.54 Å². The topological polar surface area (TPSA) is 20.3 Å². The SMILES string of the molecule is CN(CC(=O)c1ccc(Cl)cc1Cl)Cc1ccc(Br)cc1. The molecule has 0 saturated carbocycles. The Bertz CT molecular complexity index is 643. The molecule has 21 heavy (non-hydrogen) atoms. The average Bonchev–Trinajstić information content (AvgIpc) is 2.41. The van der Waals surface area contributed by atoms with Crippen LogP contribution in [-0.4, -0.2) is 24.3 Å². The number of Topliss-reactive ketones (excluding diaryl/α,β-unsaturated/α-hetero) is 1. The summed E-state index contributed by atoms with van der Waals surface area (Å²) in [6, 6.07) is 13.0. The van der Waals surface area contributed by atoms with Crippen LogP contribution in [0.4, 0.5) is 0 Å². The second-order valence-electron chi connectivity index (χ2n) is 4.85. The van der Waals surface area contributed by atoms with Gasteiger partial charge in [0.05, 0.1) is 11.6 Å². The summed E-state index contributed by atoms with van der Waals surface area (Å²) >= 11 is 15.3. The van der Waals surface area contributed by atoms with Gasteiger partial charge in [0.1, 0.15) is 0 Å². The summed E-state index contributed by atoms with van der Waals surface area (Å²) in [5, 5.41) is 0.921. The van der Waals surface area contributed by atoms with Gasteiger partial charge in [-0.3, -0.25) is 9.69 Å². The zero-order chi connectivity index (χ0) is 15.4. The molecule has 0 spiro atoms. The quantitative estimate of drug-likeness (QED) is 0.668. The first-order valence-electron chi connectivity index (χ1n) is 6.37. The average molecular weight is 387 g/mol. The number of halogens is 3. The number of carbonyl (C=O) groups is 1. The van der Waals surface area contributed by atoms with Crippen molar-refractivity contribution in [3.63, 3.8) is 0 Å². The van der Waals surface area contributed by atoms with E-state index in [0.717, 1.165) is 10.0 Å². The third kappa shape index (κ3) is 4.82. The number of benzene rings is 2. The highest BCUT2D eigenvalue weighted by atomic mass is 79.9. The Hall–Kier alpha value is -0.870. The first-order valence-corrected chi connectivity index (χ1v) is 7.92. The second kappa shape index (κ2) is 7.41. The molecule has 0 saturated heterocycles. The third-order valence-electron chi connectivity index (χ3n) is 3.01. The standard InChI is InChI=1S/C16H14BrCl2NO/c1-20(9-11-2-4-12(17)5-3-11)10-16(21)14-7-6-13(18)8-15(14)19/h2-8H,9-10H2,1H3. The summed E-state index contributed by atoms with van der Waals surface area (Å²) in [5.41, 5.74) is 1.65. The van der Waals surface area contributed by atoms with Crippen LogP contribution in [0.3, 0.4) is 0 Å². The maximum atomic E-state index is 12.3. The largest absolute Gasteiger partial charge is 0.295 e. The molecule has 0 heterocycles. The summed E-state index contributed by atoms with van der Waals surface area (Å²) in [6.07, 6.45) is 0. The third-order valence-corrected chi connectivity index (χ3v) is 4.09. The first-order chi connectivity index (χ1) is 9.95. The van der Waals surface area contributed by atoms with Crippen LogP contribution in [0.5, 0.6) is 0 Å². The molecule has 2 aromatic rings. The maximum absolute atomic E-state index is 12.3. The fraction of sp³-hybridized carbons (Fsp3) is 0.188. The lowest BCUT2D eigenvalue weighted by atomic mass is 10.1. The maximum Gasteiger partial charge on any atom is 0.178 e. The molecule has 2 rings (SSSR count). The number of nitrogens with zero attached hydrogens (tertiary/aromatic N) is 1. The predicted octanol–water partition coefficient (Wildman–Crippen LogP) is 5.07. The number of rotatable bonds is 5. The van der Waals surface area contributed by atoms with Gasteiger partial charge in [-0.1, -0.05) is 51.3 Å². The van der Waals surface area contributed by atoms with Crippen molar-refractivity contribution >= 4 is 44.9 Å². The van der Waals surface area contributed by atoms with Crippen molar-refractivity contribution in [2.75, 3.05) is 13.6 Å². The number of ketones is 1. The van der Waals surface area contributed by atoms with Crippen molar-refractivity contribution < 1.29 is 4.79 Å². The summed E-state index contributed by atoms with van der Waals surface area (Å²) < 4.78 is 1.04. The van der Waals surface area contributed by atoms with Crippen molar-refractivity contribution in [2.24, 2.45) is 0 Å². The highest BCUT2D eigenvalue weighted by molar-refractivity contribution is 9.10. The summed E-state index contributed by atoms with van der Waals surface area (Å²) in [6.45, 7) is 1.00. The van der Waals surface area contributed by atoms with E-state index < -0.39 is 0 Å². The van der Waals surface area contributed by atoms with E-state index >= 15 is 0 Å². The molecule has 0 bridgehead atoms. The molecule has 0 aromatic heterocycles. The van der Waals surface area contributed by atoms with E-state index in [-0.39, 0.29) is 5.78 Å². The molecule has 2 aromatic carbocycles. The van der Waals surface area contributed by atoms with Crippen LogP contribution < -0.4 is 0 Å². The molecule has 0 radical (unpaired) electrons. The Morgan fingerprint density at radius 3 is 2.43 bits per heavy atom. The molecule has 0 N–H and O–H groups in total. The Balaban J connectivity index is 2.00.